The van der Waals surface area contributed by atoms with Crippen LogP contribution in [0.5, 0.6) is 0 Å². The highest BCUT2D eigenvalue weighted by atomic mass is 19.1. The van der Waals surface area contributed by atoms with Gasteiger partial charge in [-0.25, -0.2) is 14.0 Å². The zero-order valence-electron chi connectivity index (χ0n) is 20.8. The Morgan fingerprint density at radius 2 is 1.89 bits per heavy atom. The molecule has 3 fully saturated rings. The molecule has 12 nitrogen and oxygen atoms in total. The first-order valence-electron chi connectivity index (χ1n) is 12.5. The molecule has 13 heteroatoms. The predicted molar refractivity (Wildman–Crippen MR) is 131 cm³/mol. The summed E-state index contributed by atoms with van der Waals surface area (Å²) >= 11 is 0. The summed E-state index contributed by atoms with van der Waals surface area (Å²) < 4.78 is 27.5. The van der Waals surface area contributed by atoms with Crippen molar-refractivity contribution < 1.29 is 43.9 Å². The van der Waals surface area contributed by atoms with E-state index in [0.29, 0.717) is 30.8 Å². The van der Waals surface area contributed by atoms with Crippen LogP contribution in [0.2, 0.25) is 0 Å². The van der Waals surface area contributed by atoms with Crippen LogP contribution in [0.25, 0.3) is 10.9 Å². The topological polar surface area (TPSA) is 171 Å². The fraction of sp³-hybridized carbons (Fsp3) is 0.560. The minimum Gasteiger partial charge on any atom is -0.479 e. The maximum Gasteiger partial charge on any atom is 0.346 e. The van der Waals surface area contributed by atoms with E-state index in [1.165, 1.54) is 13.1 Å². The number of piperazine rings is 1. The second-order valence-electron chi connectivity index (χ2n) is 10.2. The summed E-state index contributed by atoms with van der Waals surface area (Å²) in [6.07, 6.45) is -6.97. The molecule has 6 atom stereocenters. The van der Waals surface area contributed by atoms with Gasteiger partial charge in [-0.1, -0.05) is 0 Å². The smallest absolute Gasteiger partial charge is 0.346 e. The Hall–Kier alpha value is -3.10. The highest BCUT2D eigenvalue weighted by molar-refractivity contribution is 5.96. The number of aliphatic hydroxyl groups is 3. The molecule has 206 valence electrons. The molecule has 38 heavy (non-hydrogen) atoms. The SMILES string of the molecule is Cc1c(F)c(N2CCNC(C)C2)cc2c1c(=O)c(C(=O)O[C@@H]1O[C@H](C(=O)O)[C@@H](O)[C@H](O)[C@H]1O)cn2C1CC1. The Labute approximate surface area is 216 Å². The molecule has 0 spiro atoms. The van der Waals surface area contributed by atoms with Crippen molar-refractivity contribution in [3.8, 4) is 0 Å². The summed E-state index contributed by atoms with van der Waals surface area (Å²) in [5.74, 6) is -3.46. The molecule has 5 rings (SSSR count). The van der Waals surface area contributed by atoms with Crippen molar-refractivity contribution in [2.75, 3.05) is 24.5 Å². The van der Waals surface area contributed by atoms with E-state index in [1.807, 2.05) is 11.8 Å². The van der Waals surface area contributed by atoms with E-state index in [9.17, 15) is 34.8 Å². The molecule has 2 saturated heterocycles. The van der Waals surface area contributed by atoms with Crippen molar-refractivity contribution >= 4 is 28.5 Å². The lowest BCUT2D eigenvalue weighted by atomic mass is 9.99. The maximum atomic E-state index is 15.6. The Balaban J connectivity index is 1.55. The molecule has 3 heterocycles. The van der Waals surface area contributed by atoms with E-state index in [-0.39, 0.29) is 23.0 Å². The molecule has 3 aliphatic rings. The third-order valence-electron chi connectivity index (χ3n) is 7.38. The van der Waals surface area contributed by atoms with Crippen molar-refractivity contribution in [2.45, 2.75) is 69.5 Å². The zero-order valence-corrected chi connectivity index (χ0v) is 20.8. The third-order valence-corrected chi connectivity index (χ3v) is 7.38. The van der Waals surface area contributed by atoms with Crippen LogP contribution in [0.1, 0.15) is 41.7 Å². The van der Waals surface area contributed by atoms with E-state index in [1.54, 1.807) is 10.6 Å². The van der Waals surface area contributed by atoms with Crippen LogP contribution >= 0.6 is 0 Å². The number of aromatic nitrogens is 1. The first kappa shape index (κ1) is 26.5. The van der Waals surface area contributed by atoms with Gasteiger partial charge in [-0.2, -0.15) is 0 Å². The molecule has 2 aliphatic heterocycles. The molecule has 5 N–H and O–H groups in total. The molecule has 0 amide bonds. The lowest BCUT2D eigenvalue weighted by molar-refractivity contribution is -0.278. The van der Waals surface area contributed by atoms with E-state index >= 15 is 4.39 Å². The highest BCUT2D eigenvalue weighted by Gasteiger charge is 2.49. The molecule has 1 aromatic heterocycles. The fourth-order valence-electron chi connectivity index (χ4n) is 5.15. The van der Waals surface area contributed by atoms with Gasteiger partial charge in [0.25, 0.3) is 0 Å². The van der Waals surface area contributed by atoms with Gasteiger partial charge in [-0.05, 0) is 32.8 Å². The molecule has 1 unspecified atom stereocenters. The Kier molecular flexibility index (Phi) is 6.90. The normalized spacial score (nSPS) is 29.9. The van der Waals surface area contributed by atoms with Crippen molar-refractivity contribution in [2.24, 2.45) is 0 Å². The lowest BCUT2D eigenvalue weighted by Crippen LogP contribution is -2.60. The van der Waals surface area contributed by atoms with E-state index < -0.39 is 59.5 Å². The number of benzene rings is 1. The van der Waals surface area contributed by atoms with Crippen molar-refractivity contribution in [1.29, 1.82) is 0 Å². The molecule has 1 aromatic carbocycles. The van der Waals surface area contributed by atoms with Crippen LogP contribution in [-0.4, -0.2) is 93.3 Å². The number of fused-ring (bicyclic) bond motifs is 1. The van der Waals surface area contributed by atoms with Crippen molar-refractivity contribution in [3.05, 3.63) is 39.4 Å². The predicted octanol–water partition coefficient (Wildman–Crippen LogP) is -0.369. The maximum absolute atomic E-state index is 15.6. The number of hydrogen-bond acceptors (Lipinski definition) is 10. The summed E-state index contributed by atoms with van der Waals surface area (Å²) in [5.41, 5.74) is -0.319. The van der Waals surface area contributed by atoms with Crippen LogP contribution in [0.3, 0.4) is 0 Å². The van der Waals surface area contributed by atoms with Gasteiger partial charge in [0.2, 0.25) is 11.7 Å². The Morgan fingerprint density at radius 3 is 2.53 bits per heavy atom. The number of carboxylic acid groups (broad SMARTS) is 1. The van der Waals surface area contributed by atoms with Gasteiger partial charge in [-0.3, -0.25) is 4.79 Å². The van der Waals surface area contributed by atoms with Gasteiger partial charge >= 0.3 is 11.9 Å². The third kappa shape index (κ3) is 4.54. The van der Waals surface area contributed by atoms with Gasteiger partial charge in [-0.15, -0.1) is 0 Å². The average Bonchev–Trinajstić information content (AvgIpc) is 3.71. The lowest BCUT2D eigenvalue weighted by Gasteiger charge is -2.37. The average molecular weight is 536 g/mol. The zero-order chi connectivity index (χ0) is 27.5. The van der Waals surface area contributed by atoms with Gasteiger partial charge in [0.15, 0.2) is 6.10 Å². The number of pyridine rings is 1. The minimum absolute atomic E-state index is 0.0137. The van der Waals surface area contributed by atoms with Crippen molar-refractivity contribution in [3.63, 3.8) is 0 Å². The number of halogens is 1. The molecular weight excluding hydrogens is 505 g/mol. The molecule has 0 bridgehead atoms. The minimum atomic E-state index is -1.98. The number of nitrogens with zero attached hydrogens (tertiary/aromatic N) is 2. The number of carbonyl (C=O) groups excluding carboxylic acids is 1. The quantitative estimate of drug-likeness (QED) is 0.317. The summed E-state index contributed by atoms with van der Waals surface area (Å²) in [4.78, 5) is 39.9. The number of ether oxygens (including phenoxy) is 2. The van der Waals surface area contributed by atoms with Crippen LogP contribution in [0.15, 0.2) is 17.1 Å². The van der Waals surface area contributed by atoms with Crippen LogP contribution in [-0.2, 0) is 14.3 Å². The van der Waals surface area contributed by atoms with Gasteiger partial charge in [0.1, 0.15) is 29.7 Å². The van der Waals surface area contributed by atoms with Gasteiger partial charge in [0.05, 0.1) is 16.6 Å². The molecular formula is C25H30FN3O9. The van der Waals surface area contributed by atoms with E-state index in [2.05, 4.69) is 5.32 Å². The number of aliphatic carboxylic acids is 1. The number of esters is 1. The fourth-order valence-corrected chi connectivity index (χ4v) is 5.15. The van der Waals surface area contributed by atoms with Crippen LogP contribution in [0.4, 0.5) is 10.1 Å². The summed E-state index contributed by atoms with van der Waals surface area (Å²) in [7, 11) is 0. The number of carboxylic acids is 1. The highest BCUT2D eigenvalue weighted by Crippen LogP contribution is 2.39. The Morgan fingerprint density at radius 1 is 1.18 bits per heavy atom. The summed E-state index contributed by atoms with van der Waals surface area (Å²) in [6.45, 7) is 5.33. The van der Waals surface area contributed by atoms with Crippen LogP contribution < -0.4 is 15.6 Å². The van der Waals surface area contributed by atoms with Gasteiger partial charge < -0.3 is 44.7 Å². The number of hydrogen-bond donors (Lipinski definition) is 5. The standard InChI is InChI=1S/C25H30FN3O9/c1-10-8-28(6-5-27-10)15-7-14-16(11(2)17(15)26)18(30)13(9-29(14)12-3-4-12)24(36)38-25-21(33)19(31)20(32)22(37-25)23(34)35/h7,9-10,12,19-22,25,27,31-33H,3-6,8H2,1-2H3,(H,34,35)/t10?,19-,20-,21+,22-,25-/m0/s1. The summed E-state index contributed by atoms with van der Waals surface area (Å²) in [6, 6.07) is 1.77. The van der Waals surface area contributed by atoms with Crippen LogP contribution in [0, 0.1) is 12.7 Å². The summed E-state index contributed by atoms with van der Waals surface area (Å²) in [5, 5.41) is 42.6. The molecule has 1 aliphatic carbocycles. The monoisotopic (exact) mass is 535 g/mol. The van der Waals surface area contributed by atoms with Gasteiger partial charge in [0, 0.05) is 43.5 Å². The molecule has 1 saturated carbocycles. The number of anilines is 1. The largest absolute Gasteiger partial charge is 0.479 e. The molecule has 2 aromatic rings. The number of rotatable bonds is 5. The first-order valence-corrected chi connectivity index (χ1v) is 12.5. The second-order valence-corrected chi connectivity index (χ2v) is 10.2. The first-order chi connectivity index (χ1) is 18.0. The van der Waals surface area contributed by atoms with E-state index in [4.69, 9.17) is 9.47 Å². The number of nitrogens with one attached hydrogen (secondary N) is 1. The van der Waals surface area contributed by atoms with E-state index in [0.717, 1.165) is 12.8 Å². The number of carbonyl (C=O) groups is 2. The molecule has 0 radical (unpaired) electrons. The Bertz CT molecular complexity index is 1340. The van der Waals surface area contributed by atoms with Crippen molar-refractivity contribution in [1.82, 2.24) is 9.88 Å². The second kappa shape index (κ2) is 9.89. The number of aliphatic hydroxyl groups excluding tert-OH is 3. The number of aryl methyl sites for hydroxylation is 1.